The van der Waals surface area contributed by atoms with Gasteiger partial charge in [-0.15, -0.1) is 0 Å². The summed E-state index contributed by atoms with van der Waals surface area (Å²) in [6, 6.07) is 5.09. The summed E-state index contributed by atoms with van der Waals surface area (Å²) in [6.45, 7) is 4.99. The minimum absolute atomic E-state index is 0.0453. The summed E-state index contributed by atoms with van der Waals surface area (Å²) in [6.07, 6.45) is 0.0453. The molecule has 0 aliphatic carbocycles. The van der Waals surface area contributed by atoms with Crippen LogP contribution in [-0.4, -0.2) is 40.0 Å². The van der Waals surface area contributed by atoms with E-state index < -0.39 is 5.97 Å². The fraction of sp³-hybridized carbons (Fsp3) is 0.333. The molecule has 0 bridgehead atoms. The van der Waals surface area contributed by atoms with Gasteiger partial charge in [0, 0.05) is 34.6 Å². The molecule has 0 spiro atoms. The molecule has 0 saturated heterocycles. The minimum Gasteiger partial charge on any atom is -0.477 e. The summed E-state index contributed by atoms with van der Waals surface area (Å²) < 4.78 is 0. The van der Waals surface area contributed by atoms with E-state index in [1.807, 2.05) is 13.8 Å². The smallest absolute Gasteiger partial charge is 0.352 e. The van der Waals surface area contributed by atoms with Crippen molar-refractivity contribution in [1.82, 2.24) is 9.88 Å². The lowest BCUT2D eigenvalue weighted by Gasteiger charge is -2.18. The molecule has 0 fully saturated rings. The fourth-order valence-electron chi connectivity index (χ4n) is 2.43. The summed E-state index contributed by atoms with van der Waals surface area (Å²) in [7, 11) is 0. The van der Waals surface area contributed by atoms with Crippen LogP contribution in [-0.2, 0) is 11.2 Å². The summed E-state index contributed by atoms with van der Waals surface area (Å²) in [4.78, 5) is 28.2. The molecule has 0 aliphatic rings. The number of aromatic nitrogens is 1. The van der Waals surface area contributed by atoms with Crippen molar-refractivity contribution in [1.29, 1.82) is 0 Å². The molecule has 1 aromatic heterocycles. The number of likely N-dealkylation sites (N-methyl/N-ethyl adjacent to an activating group) is 1. The van der Waals surface area contributed by atoms with Crippen molar-refractivity contribution in [2.24, 2.45) is 0 Å². The first-order chi connectivity index (χ1) is 9.97. The average molecular weight is 309 g/mol. The number of halogens is 1. The van der Waals surface area contributed by atoms with E-state index in [9.17, 15) is 14.7 Å². The second kappa shape index (κ2) is 6.18. The predicted molar refractivity (Wildman–Crippen MR) is 81.9 cm³/mol. The Bertz CT molecular complexity index is 690. The van der Waals surface area contributed by atoms with Gasteiger partial charge in [-0.25, -0.2) is 4.79 Å². The number of aromatic amines is 1. The number of carboxylic acid groups (broad SMARTS) is 1. The third kappa shape index (κ3) is 3.03. The lowest BCUT2D eigenvalue weighted by Crippen LogP contribution is -2.32. The molecule has 1 amide bonds. The van der Waals surface area contributed by atoms with Gasteiger partial charge in [-0.3, -0.25) is 4.79 Å². The molecule has 0 saturated carbocycles. The number of aromatic carboxylic acids is 1. The zero-order valence-electron chi connectivity index (χ0n) is 11.9. The van der Waals surface area contributed by atoms with E-state index in [-0.39, 0.29) is 18.0 Å². The Labute approximate surface area is 127 Å². The average Bonchev–Trinajstić information content (AvgIpc) is 2.78. The van der Waals surface area contributed by atoms with Crippen molar-refractivity contribution < 1.29 is 14.7 Å². The predicted octanol–water partition coefficient (Wildman–Crippen LogP) is 2.93. The Hall–Kier alpha value is -2.01. The van der Waals surface area contributed by atoms with Gasteiger partial charge in [0.15, 0.2) is 0 Å². The monoisotopic (exact) mass is 308 g/mol. The number of hydrogen-bond donors (Lipinski definition) is 2. The molecular formula is C15H17ClN2O3. The van der Waals surface area contributed by atoms with Crippen LogP contribution in [0.5, 0.6) is 0 Å². The first-order valence-electron chi connectivity index (χ1n) is 6.79. The molecule has 21 heavy (non-hydrogen) atoms. The molecule has 0 atom stereocenters. The second-order valence-corrected chi connectivity index (χ2v) is 5.15. The van der Waals surface area contributed by atoms with Gasteiger partial charge < -0.3 is 15.0 Å². The van der Waals surface area contributed by atoms with Gasteiger partial charge in [0.05, 0.1) is 6.42 Å². The van der Waals surface area contributed by atoms with Gasteiger partial charge in [-0.2, -0.15) is 0 Å². The largest absolute Gasteiger partial charge is 0.477 e. The number of carbonyl (C=O) groups excluding carboxylic acids is 1. The topological polar surface area (TPSA) is 73.4 Å². The van der Waals surface area contributed by atoms with Gasteiger partial charge in [0.25, 0.3) is 0 Å². The highest BCUT2D eigenvalue weighted by molar-refractivity contribution is 6.31. The third-order valence-electron chi connectivity index (χ3n) is 3.53. The number of H-pyrrole nitrogens is 1. The van der Waals surface area contributed by atoms with E-state index in [1.54, 1.807) is 23.1 Å². The molecule has 0 aliphatic heterocycles. The molecule has 0 unspecified atom stereocenters. The maximum atomic E-state index is 12.3. The number of carboxylic acids is 1. The van der Waals surface area contributed by atoms with E-state index >= 15 is 0 Å². The standard InChI is InChI=1S/C15H17ClN2O3/c1-3-18(4-2)13(19)8-11-10-7-9(16)5-6-12(10)17-14(11)15(20)21/h5-7,17H,3-4,8H2,1-2H3,(H,20,21). The van der Waals surface area contributed by atoms with Crippen LogP contribution in [0.25, 0.3) is 10.9 Å². The molecular weight excluding hydrogens is 292 g/mol. The Balaban J connectivity index is 2.50. The molecule has 2 rings (SSSR count). The minimum atomic E-state index is -1.08. The maximum absolute atomic E-state index is 12.3. The van der Waals surface area contributed by atoms with Crippen molar-refractivity contribution in [3.8, 4) is 0 Å². The summed E-state index contributed by atoms with van der Waals surface area (Å²) in [5, 5.41) is 10.5. The molecule has 0 radical (unpaired) electrons. The number of carbonyl (C=O) groups is 2. The van der Waals surface area contributed by atoms with Gasteiger partial charge in [0.1, 0.15) is 5.69 Å². The molecule has 2 N–H and O–H groups in total. The van der Waals surface area contributed by atoms with E-state index in [1.165, 1.54) is 0 Å². The van der Waals surface area contributed by atoms with E-state index in [0.717, 1.165) is 0 Å². The van der Waals surface area contributed by atoms with Crippen LogP contribution in [0.15, 0.2) is 18.2 Å². The number of nitrogens with one attached hydrogen (secondary N) is 1. The number of hydrogen-bond acceptors (Lipinski definition) is 2. The van der Waals surface area contributed by atoms with E-state index in [0.29, 0.717) is 34.6 Å². The van der Waals surface area contributed by atoms with Crippen LogP contribution < -0.4 is 0 Å². The van der Waals surface area contributed by atoms with Crippen molar-refractivity contribution in [3.63, 3.8) is 0 Å². The number of benzene rings is 1. The first-order valence-corrected chi connectivity index (χ1v) is 7.16. The Morgan fingerprint density at radius 1 is 1.29 bits per heavy atom. The highest BCUT2D eigenvalue weighted by Gasteiger charge is 2.21. The van der Waals surface area contributed by atoms with Crippen LogP contribution in [0.1, 0.15) is 29.9 Å². The van der Waals surface area contributed by atoms with Crippen LogP contribution in [0.3, 0.4) is 0 Å². The van der Waals surface area contributed by atoms with Crippen LogP contribution in [0.2, 0.25) is 5.02 Å². The van der Waals surface area contributed by atoms with Crippen molar-refractivity contribution in [2.75, 3.05) is 13.1 Å². The second-order valence-electron chi connectivity index (χ2n) is 4.72. The quantitative estimate of drug-likeness (QED) is 0.892. The SMILES string of the molecule is CCN(CC)C(=O)Cc1c(C(=O)O)[nH]c2ccc(Cl)cc12. The number of amides is 1. The lowest BCUT2D eigenvalue weighted by molar-refractivity contribution is -0.130. The van der Waals surface area contributed by atoms with Gasteiger partial charge in [-0.1, -0.05) is 11.6 Å². The Kier molecular flexibility index (Phi) is 4.53. The van der Waals surface area contributed by atoms with Gasteiger partial charge in [0.2, 0.25) is 5.91 Å². The summed E-state index contributed by atoms with van der Waals surface area (Å²) >= 11 is 5.98. The highest BCUT2D eigenvalue weighted by atomic mass is 35.5. The van der Waals surface area contributed by atoms with Crippen molar-refractivity contribution in [3.05, 3.63) is 34.5 Å². The molecule has 5 nitrogen and oxygen atoms in total. The highest BCUT2D eigenvalue weighted by Crippen LogP contribution is 2.26. The van der Waals surface area contributed by atoms with Crippen molar-refractivity contribution >= 4 is 34.4 Å². The number of rotatable bonds is 5. The molecule has 6 heteroatoms. The van der Waals surface area contributed by atoms with E-state index in [2.05, 4.69) is 4.98 Å². The third-order valence-corrected chi connectivity index (χ3v) is 3.76. The number of fused-ring (bicyclic) bond motifs is 1. The molecule has 1 heterocycles. The molecule has 1 aromatic carbocycles. The van der Waals surface area contributed by atoms with Crippen LogP contribution >= 0.6 is 11.6 Å². The normalized spacial score (nSPS) is 10.8. The molecule has 112 valence electrons. The summed E-state index contributed by atoms with van der Waals surface area (Å²) in [5.74, 6) is -1.17. The zero-order chi connectivity index (χ0) is 15.6. The van der Waals surface area contributed by atoms with Gasteiger partial charge in [-0.05, 0) is 32.0 Å². The van der Waals surface area contributed by atoms with E-state index in [4.69, 9.17) is 11.6 Å². The summed E-state index contributed by atoms with van der Waals surface area (Å²) in [5.41, 5.74) is 1.20. The molecule has 2 aromatic rings. The first kappa shape index (κ1) is 15.4. The van der Waals surface area contributed by atoms with Crippen molar-refractivity contribution in [2.45, 2.75) is 20.3 Å². The Morgan fingerprint density at radius 3 is 2.52 bits per heavy atom. The van der Waals surface area contributed by atoms with Gasteiger partial charge >= 0.3 is 5.97 Å². The lowest BCUT2D eigenvalue weighted by atomic mass is 10.1. The van der Waals surface area contributed by atoms with Crippen LogP contribution in [0, 0.1) is 0 Å². The fourth-order valence-corrected chi connectivity index (χ4v) is 2.60. The zero-order valence-corrected chi connectivity index (χ0v) is 12.7. The Morgan fingerprint density at radius 2 is 1.95 bits per heavy atom. The van der Waals surface area contributed by atoms with Crippen LogP contribution in [0.4, 0.5) is 0 Å². The number of nitrogens with zero attached hydrogens (tertiary/aromatic N) is 1. The maximum Gasteiger partial charge on any atom is 0.352 e.